The molecule has 1 atom stereocenters. The molecule has 0 aliphatic carbocycles. The fourth-order valence-corrected chi connectivity index (χ4v) is 2.31. The SMILES string of the molecule is CN1CCCC1Cc1cc(C(=O)O)n(C)n1. The largest absolute Gasteiger partial charge is 0.477 e. The van der Waals surface area contributed by atoms with E-state index >= 15 is 0 Å². The van der Waals surface area contributed by atoms with E-state index in [1.54, 1.807) is 13.1 Å². The van der Waals surface area contributed by atoms with Gasteiger partial charge in [0.1, 0.15) is 5.69 Å². The summed E-state index contributed by atoms with van der Waals surface area (Å²) in [7, 11) is 3.78. The minimum absolute atomic E-state index is 0.260. The van der Waals surface area contributed by atoms with Crippen molar-refractivity contribution in [2.45, 2.75) is 25.3 Å². The van der Waals surface area contributed by atoms with Crippen molar-refractivity contribution in [3.8, 4) is 0 Å². The van der Waals surface area contributed by atoms with Gasteiger partial charge in [0.15, 0.2) is 0 Å². The van der Waals surface area contributed by atoms with Crippen molar-refractivity contribution in [3.63, 3.8) is 0 Å². The number of carboxylic acids is 1. The molecule has 2 rings (SSSR count). The maximum absolute atomic E-state index is 10.9. The highest BCUT2D eigenvalue weighted by atomic mass is 16.4. The number of nitrogens with zero attached hydrogens (tertiary/aromatic N) is 3. The molecule has 1 aromatic heterocycles. The number of carboxylic acid groups (broad SMARTS) is 1. The zero-order valence-corrected chi connectivity index (χ0v) is 9.68. The van der Waals surface area contributed by atoms with Crippen molar-refractivity contribution in [1.29, 1.82) is 0 Å². The number of carbonyl (C=O) groups is 1. The highest BCUT2D eigenvalue weighted by molar-refractivity contribution is 5.85. The second kappa shape index (κ2) is 4.25. The van der Waals surface area contributed by atoms with E-state index in [0.717, 1.165) is 18.7 Å². The standard InChI is InChI=1S/C11H17N3O2/c1-13-5-3-4-9(13)6-8-7-10(11(15)16)14(2)12-8/h7,9H,3-6H2,1-2H3,(H,15,16). The molecule has 1 saturated heterocycles. The van der Waals surface area contributed by atoms with Crippen molar-refractivity contribution >= 4 is 5.97 Å². The molecule has 2 heterocycles. The Morgan fingerprint density at radius 3 is 2.88 bits per heavy atom. The van der Waals surface area contributed by atoms with E-state index in [-0.39, 0.29) is 5.69 Å². The lowest BCUT2D eigenvalue weighted by molar-refractivity contribution is 0.0685. The van der Waals surface area contributed by atoms with Gasteiger partial charge < -0.3 is 10.0 Å². The summed E-state index contributed by atoms with van der Waals surface area (Å²) in [6, 6.07) is 2.19. The van der Waals surface area contributed by atoms with E-state index < -0.39 is 5.97 Å². The number of likely N-dealkylation sites (tertiary alicyclic amines) is 1. The lowest BCUT2D eigenvalue weighted by Crippen LogP contribution is -2.26. The van der Waals surface area contributed by atoms with Crippen LogP contribution in [-0.2, 0) is 13.5 Å². The van der Waals surface area contributed by atoms with Gasteiger partial charge in [0, 0.05) is 19.5 Å². The Balaban J connectivity index is 2.10. The van der Waals surface area contributed by atoms with E-state index in [4.69, 9.17) is 5.11 Å². The van der Waals surface area contributed by atoms with Gasteiger partial charge in [-0.15, -0.1) is 0 Å². The predicted molar refractivity (Wildman–Crippen MR) is 59.5 cm³/mol. The van der Waals surface area contributed by atoms with E-state index in [1.165, 1.54) is 17.5 Å². The molecule has 1 N–H and O–H groups in total. The molecule has 1 aromatic rings. The van der Waals surface area contributed by atoms with Crippen molar-refractivity contribution in [2.75, 3.05) is 13.6 Å². The molecule has 1 unspecified atom stereocenters. The van der Waals surface area contributed by atoms with Crippen LogP contribution >= 0.6 is 0 Å². The molecule has 5 nitrogen and oxygen atoms in total. The first-order chi connectivity index (χ1) is 7.58. The maximum atomic E-state index is 10.9. The normalized spacial score (nSPS) is 21.5. The minimum atomic E-state index is -0.916. The number of aromatic carboxylic acids is 1. The summed E-state index contributed by atoms with van der Waals surface area (Å²) in [6.45, 7) is 1.13. The van der Waals surface area contributed by atoms with Gasteiger partial charge in [-0.2, -0.15) is 5.10 Å². The molecular weight excluding hydrogens is 206 g/mol. The molecule has 0 bridgehead atoms. The van der Waals surface area contributed by atoms with Crippen molar-refractivity contribution in [1.82, 2.24) is 14.7 Å². The first kappa shape index (κ1) is 11.1. The van der Waals surface area contributed by atoms with Crippen LogP contribution in [0.2, 0.25) is 0 Å². The molecule has 1 fully saturated rings. The molecule has 0 saturated carbocycles. The van der Waals surface area contributed by atoms with E-state index in [0.29, 0.717) is 6.04 Å². The second-order valence-corrected chi connectivity index (χ2v) is 4.43. The zero-order chi connectivity index (χ0) is 11.7. The van der Waals surface area contributed by atoms with Gasteiger partial charge in [0.25, 0.3) is 0 Å². The van der Waals surface area contributed by atoms with E-state index in [2.05, 4.69) is 17.0 Å². The van der Waals surface area contributed by atoms with Gasteiger partial charge in [-0.05, 0) is 32.5 Å². The quantitative estimate of drug-likeness (QED) is 0.821. The van der Waals surface area contributed by atoms with Gasteiger partial charge in [-0.3, -0.25) is 4.68 Å². The highest BCUT2D eigenvalue weighted by Gasteiger charge is 2.23. The smallest absolute Gasteiger partial charge is 0.354 e. The van der Waals surface area contributed by atoms with Crippen LogP contribution in [0.4, 0.5) is 0 Å². The lowest BCUT2D eigenvalue weighted by Gasteiger charge is -2.17. The predicted octanol–water partition coefficient (Wildman–Crippen LogP) is 0.755. The maximum Gasteiger partial charge on any atom is 0.354 e. The Labute approximate surface area is 94.7 Å². The number of likely N-dealkylation sites (N-methyl/N-ethyl adjacent to an activating group) is 1. The Morgan fingerprint density at radius 2 is 2.38 bits per heavy atom. The Kier molecular flexibility index (Phi) is 2.96. The van der Waals surface area contributed by atoms with Crippen LogP contribution in [0.5, 0.6) is 0 Å². The lowest BCUT2D eigenvalue weighted by atomic mass is 10.1. The first-order valence-electron chi connectivity index (χ1n) is 5.54. The number of aromatic nitrogens is 2. The average molecular weight is 223 g/mol. The van der Waals surface area contributed by atoms with Crippen LogP contribution in [-0.4, -0.2) is 45.4 Å². The topological polar surface area (TPSA) is 58.4 Å². The Hall–Kier alpha value is -1.36. The van der Waals surface area contributed by atoms with Crippen molar-refractivity contribution in [3.05, 3.63) is 17.5 Å². The van der Waals surface area contributed by atoms with Gasteiger partial charge in [0.05, 0.1) is 5.69 Å². The summed E-state index contributed by atoms with van der Waals surface area (Å²) in [5, 5.41) is 13.2. The summed E-state index contributed by atoms with van der Waals surface area (Å²) < 4.78 is 1.44. The molecule has 0 amide bonds. The molecule has 5 heteroatoms. The number of rotatable bonds is 3. The van der Waals surface area contributed by atoms with Crippen molar-refractivity contribution in [2.24, 2.45) is 7.05 Å². The molecule has 1 aliphatic rings. The van der Waals surface area contributed by atoms with Crippen LogP contribution in [0.15, 0.2) is 6.07 Å². The molecule has 0 spiro atoms. The average Bonchev–Trinajstić information content (AvgIpc) is 2.75. The van der Waals surface area contributed by atoms with Crippen LogP contribution < -0.4 is 0 Å². The number of aryl methyl sites for hydroxylation is 1. The van der Waals surface area contributed by atoms with Gasteiger partial charge in [0.2, 0.25) is 0 Å². The van der Waals surface area contributed by atoms with Gasteiger partial charge in [-0.25, -0.2) is 4.79 Å². The molecule has 16 heavy (non-hydrogen) atoms. The molecule has 88 valence electrons. The summed E-state index contributed by atoms with van der Waals surface area (Å²) in [5.41, 5.74) is 1.13. The zero-order valence-electron chi connectivity index (χ0n) is 9.68. The first-order valence-corrected chi connectivity index (χ1v) is 5.54. The third-order valence-corrected chi connectivity index (χ3v) is 3.27. The van der Waals surface area contributed by atoms with Gasteiger partial charge >= 0.3 is 5.97 Å². The Morgan fingerprint density at radius 1 is 1.62 bits per heavy atom. The monoisotopic (exact) mass is 223 g/mol. The van der Waals surface area contributed by atoms with Crippen LogP contribution in [0.3, 0.4) is 0 Å². The molecule has 1 aliphatic heterocycles. The van der Waals surface area contributed by atoms with Crippen LogP contribution in [0.1, 0.15) is 29.0 Å². The minimum Gasteiger partial charge on any atom is -0.477 e. The van der Waals surface area contributed by atoms with E-state index in [9.17, 15) is 4.79 Å². The number of hydrogen-bond acceptors (Lipinski definition) is 3. The summed E-state index contributed by atoms with van der Waals surface area (Å²) in [4.78, 5) is 13.2. The van der Waals surface area contributed by atoms with Crippen LogP contribution in [0.25, 0.3) is 0 Å². The van der Waals surface area contributed by atoms with Crippen LogP contribution in [0, 0.1) is 0 Å². The highest BCUT2D eigenvalue weighted by Crippen LogP contribution is 2.19. The fraction of sp³-hybridized carbons (Fsp3) is 0.636. The van der Waals surface area contributed by atoms with E-state index in [1.807, 2.05) is 0 Å². The molecule has 0 radical (unpaired) electrons. The Bertz CT molecular complexity index is 400. The fourth-order valence-electron chi connectivity index (χ4n) is 2.31. The van der Waals surface area contributed by atoms with Crippen molar-refractivity contribution < 1.29 is 9.90 Å². The second-order valence-electron chi connectivity index (χ2n) is 4.43. The molecular formula is C11H17N3O2. The third-order valence-electron chi connectivity index (χ3n) is 3.27. The summed E-state index contributed by atoms with van der Waals surface area (Å²) in [5.74, 6) is -0.916. The summed E-state index contributed by atoms with van der Waals surface area (Å²) >= 11 is 0. The number of hydrogen-bond donors (Lipinski definition) is 1. The third kappa shape index (κ3) is 2.09. The summed E-state index contributed by atoms with van der Waals surface area (Å²) in [6.07, 6.45) is 3.24. The van der Waals surface area contributed by atoms with Gasteiger partial charge in [-0.1, -0.05) is 0 Å². The molecule has 0 aromatic carbocycles.